The van der Waals surface area contributed by atoms with Crippen LogP contribution in [0.5, 0.6) is 0 Å². The van der Waals surface area contributed by atoms with Crippen molar-refractivity contribution in [1.82, 2.24) is 15.0 Å². The van der Waals surface area contributed by atoms with Crippen molar-refractivity contribution in [2.45, 2.75) is 82.1 Å². The van der Waals surface area contributed by atoms with Gasteiger partial charge in [-0.05, 0) is 84.2 Å². The van der Waals surface area contributed by atoms with Crippen molar-refractivity contribution >= 4 is 32.8 Å². The first kappa shape index (κ1) is 40.7. The van der Waals surface area contributed by atoms with Crippen molar-refractivity contribution in [2.75, 3.05) is 0 Å². The largest absolute Gasteiger partial charge is 0.498 e. The summed E-state index contributed by atoms with van der Waals surface area (Å²) in [6.45, 7) is 22.1. The Hall–Kier alpha value is -4.96. The molecule has 8 rings (SSSR count). The molecule has 287 valence electrons. The number of benzene rings is 4. The fourth-order valence-electron chi connectivity index (χ4n) is 7.20. The van der Waals surface area contributed by atoms with E-state index < -0.39 is 0 Å². The Kier molecular flexibility index (Phi) is 11.8. The molecule has 0 bridgehead atoms. The number of aromatic nitrogens is 3. The van der Waals surface area contributed by atoms with E-state index in [0.29, 0.717) is 5.41 Å². The van der Waals surface area contributed by atoms with Gasteiger partial charge in [0.25, 0.3) is 0 Å². The molecule has 0 saturated heterocycles. The first-order chi connectivity index (χ1) is 26.1. The molecule has 0 atom stereocenters. The van der Waals surface area contributed by atoms with Crippen LogP contribution in [0, 0.1) is 50.7 Å². The normalized spacial score (nSPS) is 11.8. The van der Waals surface area contributed by atoms with Crippen LogP contribution in [-0.2, 0) is 32.9 Å². The van der Waals surface area contributed by atoms with Gasteiger partial charge in [-0.1, -0.05) is 131 Å². The Morgan fingerprint density at radius 2 is 1.32 bits per heavy atom. The van der Waals surface area contributed by atoms with Crippen molar-refractivity contribution < 1.29 is 24.5 Å². The molecule has 0 aliphatic heterocycles. The molecule has 0 saturated carbocycles. The molecule has 4 heterocycles. The molecule has 1 radical (unpaired) electrons. The van der Waals surface area contributed by atoms with Gasteiger partial charge in [0, 0.05) is 49.5 Å². The molecule has 0 spiro atoms. The minimum absolute atomic E-state index is 0. The third-order valence-corrected chi connectivity index (χ3v) is 10.2. The maximum atomic E-state index is 6.39. The summed E-state index contributed by atoms with van der Waals surface area (Å²) in [6, 6.07) is 36.6. The molecule has 0 N–H and O–H groups in total. The smallest absolute Gasteiger partial charge is 0.147 e. The Morgan fingerprint density at radius 1 is 0.625 bits per heavy atom. The summed E-state index contributed by atoms with van der Waals surface area (Å²) < 4.78 is 6.39. The Morgan fingerprint density at radius 3 is 2.04 bits per heavy atom. The molecule has 8 aromatic rings. The van der Waals surface area contributed by atoms with Crippen LogP contribution >= 0.6 is 0 Å². The molecule has 4 aromatic carbocycles. The van der Waals surface area contributed by atoms with Gasteiger partial charge in [0.2, 0.25) is 0 Å². The number of aryl methyl sites for hydroxylation is 4. The van der Waals surface area contributed by atoms with Gasteiger partial charge in [0.05, 0.1) is 5.58 Å². The second-order valence-corrected chi connectivity index (χ2v) is 17.5. The predicted molar refractivity (Wildman–Crippen MR) is 230 cm³/mol. The zero-order chi connectivity index (χ0) is 39.1. The van der Waals surface area contributed by atoms with Crippen LogP contribution in [0.1, 0.15) is 74.9 Å². The van der Waals surface area contributed by atoms with E-state index in [4.69, 9.17) is 9.40 Å². The molecule has 56 heavy (non-hydrogen) atoms. The second kappa shape index (κ2) is 16.3. The fraction of sp³-hybridized carbons (Fsp3) is 0.275. The number of hydrogen-bond acceptors (Lipinski definition) is 4. The van der Waals surface area contributed by atoms with Crippen LogP contribution in [0.15, 0.2) is 108 Å². The Bertz CT molecular complexity index is 2660. The van der Waals surface area contributed by atoms with Gasteiger partial charge >= 0.3 is 0 Å². The van der Waals surface area contributed by atoms with Gasteiger partial charge in [-0.25, -0.2) is 0 Å². The first-order valence-corrected chi connectivity index (χ1v) is 19.3. The Balaban J connectivity index is 0.000000188. The topological polar surface area (TPSA) is 51.8 Å². The summed E-state index contributed by atoms with van der Waals surface area (Å²) in [7, 11) is 0. The SMILES string of the molecule is Cc1cnc(-c2[c-]cc(C)c(-c3ccc(CC(C)(C)C)cc3)c2)cc1C.Cc1cnc(-c2[c-]ccc3c2oc2c3ccc3cccnc32)cc1CC(C)(C)C.[Ir]. The molecular formula is C51H51IrN3O-2. The fourth-order valence-corrected chi connectivity index (χ4v) is 7.20. The number of rotatable bonds is 5. The van der Waals surface area contributed by atoms with Crippen LogP contribution in [0.3, 0.4) is 0 Å². The number of furan rings is 1. The molecule has 0 fully saturated rings. The Labute approximate surface area is 346 Å². The summed E-state index contributed by atoms with van der Waals surface area (Å²) in [4.78, 5) is 13.9. The van der Waals surface area contributed by atoms with Gasteiger partial charge in [0.1, 0.15) is 11.1 Å². The van der Waals surface area contributed by atoms with Gasteiger partial charge in [-0.2, -0.15) is 0 Å². The molecule has 0 amide bonds. The minimum atomic E-state index is 0. The number of fused-ring (bicyclic) bond motifs is 5. The molecule has 4 nitrogen and oxygen atoms in total. The summed E-state index contributed by atoms with van der Waals surface area (Å²) in [5.74, 6) is 0. The third kappa shape index (κ3) is 9.02. The van der Waals surface area contributed by atoms with Gasteiger partial charge in [0.15, 0.2) is 0 Å². The van der Waals surface area contributed by atoms with Crippen molar-refractivity contribution in [2.24, 2.45) is 10.8 Å². The van der Waals surface area contributed by atoms with E-state index in [1.807, 2.05) is 30.7 Å². The number of hydrogen-bond donors (Lipinski definition) is 0. The van der Waals surface area contributed by atoms with E-state index in [1.165, 1.54) is 44.5 Å². The van der Waals surface area contributed by atoms with Crippen molar-refractivity contribution in [3.8, 4) is 33.6 Å². The third-order valence-electron chi connectivity index (χ3n) is 10.2. The standard InChI is InChI=1S/C26H23N2O.C25H28N.Ir/c1-16-15-28-22(13-18(16)14-26(2,3)4)21-9-5-8-19-20-11-10-17-7-6-12-27-23(17)25(20)29-24(19)21;1-17-7-10-22(24-13-18(2)19(3)16-26-24)14-23(17)21-11-8-20(9-12-21)15-25(4,5)6;/h5-8,10-13,15H,14H2,1-4H3;7-9,11-14,16H,15H2,1-6H3;/q2*-1;. The van der Waals surface area contributed by atoms with E-state index in [2.05, 4.69) is 164 Å². The van der Waals surface area contributed by atoms with Crippen molar-refractivity contribution in [1.29, 1.82) is 0 Å². The average Bonchev–Trinajstić information content (AvgIpc) is 3.53. The average molecular weight is 914 g/mol. The maximum absolute atomic E-state index is 6.39. The number of pyridine rings is 3. The van der Waals surface area contributed by atoms with E-state index in [1.54, 1.807) is 0 Å². The monoisotopic (exact) mass is 914 g/mol. The molecule has 5 heteroatoms. The summed E-state index contributed by atoms with van der Waals surface area (Å²) in [5, 5.41) is 3.22. The number of nitrogens with zero attached hydrogens (tertiary/aromatic N) is 3. The van der Waals surface area contributed by atoms with Gasteiger partial charge in [-0.3, -0.25) is 4.98 Å². The molecular weight excluding hydrogens is 863 g/mol. The first-order valence-electron chi connectivity index (χ1n) is 19.3. The summed E-state index contributed by atoms with van der Waals surface area (Å²) in [5.41, 5.74) is 17.0. The van der Waals surface area contributed by atoms with Crippen LogP contribution in [0.25, 0.3) is 66.5 Å². The van der Waals surface area contributed by atoms with Gasteiger partial charge in [-0.15, -0.1) is 47.5 Å². The molecule has 0 unspecified atom stereocenters. The van der Waals surface area contributed by atoms with Gasteiger partial charge < -0.3 is 14.4 Å². The molecule has 0 aliphatic carbocycles. The quantitative estimate of drug-likeness (QED) is 0.161. The molecule has 0 aliphatic rings. The van der Waals surface area contributed by atoms with Crippen LogP contribution in [0.4, 0.5) is 0 Å². The minimum Gasteiger partial charge on any atom is -0.498 e. The van der Waals surface area contributed by atoms with E-state index in [0.717, 1.165) is 68.2 Å². The zero-order valence-electron chi connectivity index (χ0n) is 34.3. The van der Waals surface area contributed by atoms with E-state index in [-0.39, 0.29) is 25.5 Å². The summed E-state index contributed by atoms with van der Waals surface area (Å²) >= 11 is 0. The predicted octanol–water partition coefficient (Wildman–Crippen LogP) is 13.6. The van der Waals surface area contributed by atoms with Crippen molar-refractivity contribution in [3.63, 3.8) is 0 Å². The summed E-state index contributed by atoms with van der Waals surface area (Å²) in [6.07, 6.45) is 7.80. The van der Waals surface area contributed by atoms with Crippen LogP contribution < -0.4 is 0 Å². The second-order valence-electron chi connectivity index (χ2n) is 17.5. The van der Waals surface area contributed by atoms with Crippen LogP contribution in [-0.4, -0.2) is 15.0 Å². The zero-order valence-corrected chi connectivity index (χ0v) is 36.7. The van der Waals surface area contributed by atoms with Crippen molar-refractivity contribution in [3.05, 3.63) is 149 Å². The van der Waals surface area contributed by atoms with Crippen LogP contribution in [0.2, 0.25) is 0 Å². The molecule has 4 aromatic heterocycles. The van der Waals surface area contributed by atoms with E-state index in [9.17, 15) is 0 Å². The maximum Gasteiger partial charge on any atom is 0.147 e. The van der Waals surface area contributed by atoms with E-state index >= 15 is 0 Å².